The zero-order chi connectivity index (χ0) is 23.6. The highest BCUT2D eigenvalue weighted by atomic mass is 32.2. The van der Waals surface area contributed by atoms with E-state index in [4.69, 9.17) is 5.11 Å². The molecule has 0 aromatic rings. The highest BCUT2D eigenvalue weighted by Crippen LogP contribution is 2.51. The third-order valence-corrected chi connectivity index (χ3v) is 8.72. The van der Waals surface area contributed by atoms with Gasteiger partial charge in [-0.1, -0.05) is 6.92 Å². The second-order valence-electron chi connectivity index (χ2n) is 8.44. The van der Waals surface area contributed by atoms with Crippen LogP contribution in [0.4, 0.5) is 0 Å². The zero-order valence-electron chi connectivity index (χ0n) is 18.1. The van der Waals surface area contributed by atoms with E-state index in [1.165, 1.54) is 16.7 Å². The van der Waals surface area contributed by atoms with E-state index in [0.717, 1.165) is 18.7 Å². The van der Waals surface area contributed by atoms with E-state index in [1.54, 1.807) is 18.7 Å². The van der Waals surface area contributed by atoms with E-state index in [0.29, 0.717) is 10.7 Å². The minimum Gasteiger partial charge on any atom is -0.477 e. The first-order valence-electron chi connectivity index (χ1n) is 10.7. The van der Waals surface area contributed by atoms with Crippen molar-refractivity contribution in [3.8, 4) is 0 Å². The summed E-state index contributed by atoms with van der Waals surface area (Å²) in [5.41, 5.74) is 0.0586. The van der Waals surface area contributed by atoms with E-state index < -0.39 is 30.8 Å². The number of rotatable bonds is 11. The van der Waals surface area contributed by atoms with Crippen molar-refractivity contribution in [2.75, 3.05) is 24.7 Å². The number of nitrogens with one attached hydrogen (secondary N) is 2. The zero-order valence-corrected chi connectivity index (χ0v) is 19.7. The lowest BCUT2D eigenvalue weighted by molar-refractivity contribution is -0.163. The van der Waals surface area contributed by atoms with E-state index in [9.17, 15) is 29.7 Å². The fourth-order valence-corrected chi connectivity index (χ4v) is 7.10. The Labute approximate surface area is 195 Å². The second kappa shape index (κ2) is 10.7. The van der Waals surface area contributed by atoms with Gasteiger partial charge in [0.25, 0.3) is 0 Å². The molecule has 3 aliphatic heterocycles. The first-order valence-corrected chi connectivity index (χ1v) is 12.7. The SMILES string of the molecule is C[C@H]1C(S[C@@H]2CN[C@H](CSCCC(=O)NC(O)CO)C2)=C(C(=O)O)N2C(=O)[C@H]([C@@H](C)O)C12. The molecule has 0 bridgehead atoms. The molecule has 6 N–H and O–H groups in total. The fourth-order valence-electron chi connectivity index (χ4n) is 4.55. The van der Waals surface area contributed by atoms with Gasteiger partial charge in [-0.25, -0.2) is 4.79 Å². The highest BCUT2D eigenvalue weighted by molar-refractivity contribution is 8.03. The molecule has 0 aliphatic carbocycles. The largest absolute Gasteiger partial charge is 0.477 e. The van der Waals surface area contributed by atoms with Crippen LogP contribution in [0.5, 0.6) is 0 Å². The molecule has 0 aromatic heterocycles. The van der Waals surface area contributed by atoms with Gasteiger partial charge in [-0.3, -0.25) is 9.59 Å². The lowest BCUT2D eigenvalue weighted by Crippen LogP contribution is -2.63. The molecule has 0 spiro atoms. The predicted molar refractivity (Wildman–Crippen MR) is 121 cm³/mol. The molecule has 10 nitrogen and oxygen atoms in total. The number of carbonyl (C=O) groups is 3. The molecular formula is C20H31N3O7S2. The summed E-state index contributed by atoms with van der Waals surface area (Å²) in [6.07, 6.45) is -0.958. The van der Waals surface area contributed by atoms with Crippen molar-refractivity contribution in [2.24, 2.45) is 11.8 Å². The number of nitrogens with zero attached hydrogens (tertiary/aromatic N) is 1. The molecule has 2 saturated heterocycles. The monoisotopic (exact) mass is 489 g/mol. The van der Waals surface area contributed by atoms with Crippen LogP contribution in [0.15, 0.2) is 10.6 Å². The van der Waals surface area contributed by atoms with Gasteiger partial charge < -0.3 is 36.0 Å². The molecule has 3 heterocycles. The van der Waals surface area contributed by atoms with Crippen LogP contribution in [-0.4, -0.2) is 97.4 Å². The van der Waals surface area contributed by atoms with Crippen molar-refractivity contribution in [3.63, 3.8) is 0 Å². The fraction of sp³-hybridized carbons (Fsp3) is 0.750. The average molecular weight is 490 g/mol. The smallest absolute Gasteiger partial charge is 0.353 e. The molecule has 0 saturated carbocycles. The lowest BCUT2D eigenvalue weighted by atomic mass is 9.79. The first-order chi connectivity index (χ1) is 15.1. The molecule has 12 heteroatoms. The number of carboxylic acid groups (broad SMARTS) is 1. The third-order valence-electron chi connectivity index (χ3n) is 6.08. The van der Waals surface area contributed by atoms with Crippen molar-refractivity contribution < 1.29 is 34.8 Å². The normalized spacial score (nSPS) is 31.3. The number of hydrogen-bond donors (Lipinski definition) is 6. The number of aliphatic hydroxyl groups is 3. The molecule has 2 amide bonds. The Hall–Kier alpha value is -1.31. The summed E-state index contributed by atoms with van der Waals surface area (Å²) in [6.45, 7) is 3.70. The van der Waals surface area contributed by atoms with Crippen LogP contribution in [0.2, 0.25) is 0 Å². The number of carboxylic acids is 1. The minimum absolute atomic E-state index is 0.0586. The van der Waals surface area contributed by atoms with Crippen LogP contribution in [0.1, 0.15) is 26.7 Å². The number of fused-ring (bicyclic) bond motifs is 1. The van der Waals surface area contributed by atoms with Crippen LogP contribution in [0.3, 0.4) is 0 Å². The Morgan fingerprint density at radius 2 is 2.06 bits per heavy atom. The van der Waals surface area contributed by atoms with Crippen molar-refractivity contribution in [1.29, 1.82) is 0 Å². The standard InChI is InChI=1S/C20H31N3O7S2/c1-9-16-15(10(2)25)19(28)23(16)17(20(29)30)18(9)32-12-5-11(21-6-12)8-31-4-3-13(26)22-14(27)7-24/h9-12,14-16,21,24-25,27H,3-8H2,1-2H3,(H,22,26)(H,29,30)/t9-,10-,11+,12+,14?,15-,16?/m1/s1. The van der Waals surface area contributed by atoms with Crippen molar-refractivity contribution in [1.82, 2.24) is 15.5 Å². The maximum absolute atomic E-state index is 12.4. The number of amides is 2. The minimum atomic E-state index is -1.23. The first kappa shape index (κ1) is 25.3. The molecule has 3 rings (SSSR count). The summed E-state index contributed by atoms with van der Waals surface area (Å²) in [6, 6.07) is -0.0645. The van der Waals surface area contributed by atoms with Gasteiger partial charge in [-0.05, 0) is 13.3 Å². The number of β-lactam (4-membered cyclic amide) rings is 1. The number of thioether (sulfide) groups is 2. The Morgan fingerprint density at radius 3 is 2.69 bits per heavy atom. The summed E-state index contributed by atoms with van der Waals surface area (Å²) in [5, 5.41) is 43.5. The second-order valence-corrected chi connectivity index (χ2v) is 10.9. The molecule has 32 heavy (non-hydrogen) atoms. The predicted octanol–water partition coefficient (Wildman–Crippen LogP) is -0.846. The van der Waals surface area contributed by atoms with Gasteiger partial charge in [0.15, 0.2) is 0 Å². The molecule has 2 fully saturated rings. The summed E-state index contributed by atoms with van der Waals surface area (Å²) in [7, 11) is 0. The van der Waals surface area contributed by atoms with Crippen LogP contribution in [0, 0.1) is 11.8 Å². The van der Waals surface area contributed by atoms with Gasteiger partial charge in [0.1, 0.15) is 11.9 Å². The molecule has 180 valence electrons. The van der Waals surface area contributed by atoms with Gasteiger partial charge in [0.05, 0.1) is 24.7 Å². The molecule has 3 aliphatic rings. The Balaban J connectivity index is 1.49. The number of carbonyl (C=O) groups excluding carboxylic acids is 2. The van der Waals surface area contributed by atoms with Gasteiger partial charge in [-0.2, -0.15) is 11.8 Å². The summed E-state index contributed by atoms with van der Waals surface area (Å²) in [4.78, 5) is 38.0. The average Bonchev–Trinajstić information content (AvgIpc) is 3.26. The van der Waals surface area contributed by atoms with Gasteiger partial charge in [0.2, 0.25) is 11.8 Å². The summed E-state index contributed by atoms with van der Waals surface area (Å²) in [5.74, 6) is -1.05. The Bertz CT molecular complexity index is 778. The molecule has 7 atom stereocenters. The quantitative estimate of drug-likeness (QED) is 0.123. The Kier molecular flexibility index (Phi) is 8.50. The van der Waals surface area contributed by atoms with Crippen LogP contribution in [-0.2, 0) is 14.4 Å². The molecular weight excluding hydrogens is 458 g/mol. The third kappa shape index (κ3) is 5.26. The molecule has 2 unspecified atom stereocenters. The molecule has 0 aromatic carbocycles. The van der Waals surface area contributed by atoms with Crippen LogP contribution >= 0.6 is 23.5 Å². The van der Waals surface area contributed by atoms with Crippen molar-refractivity contribution >= 4 is 41.3 Å². The summed E-state index contributed by atoms with van der Waals surface area (Å²) < 4.78 is 0. The maximum Gasteiger partial charge on any atom is 0.353 e. The topological polar surface area (TPSA) is 159 Å². The Morgan fingerprint density at radius 1 is 1.34 bits per heavy atom. The van der Waals surface area contributed by atoms with E-state index in [2.05, 4.69) is 10.6 Å². The van der Waals surface area contributed by atoms with E-state index in [-0.39, 0.29) is 47.2 Å². The lowest BCUT2D eigenvalue weighted by Gasteiger charge is -2.46. The van der Waals surface area contributed by atoms with Crippen LogP contribution < -0.4 is 10.6 Å². The van der Waals surface area contributed by atoms with Gasteiger partial charge in [0, 0.05) is 46.6 Å². The molecule has 0 radical (unpaired) electrons. The van der Waals surface area contributed by atoms with Crippen molar-refractivity contribution in [2.45, 2.75) is 56.4 Å². The number of aliphatic hydroxyl groups excluding tert-OH is 3. The van der Waals surface area contributed by atoms with Gasteiger partial charge in [-0.15, -0.1) is 11.8 Å². The van der Waals surface area contributed by atoms with Crippen molar-refractivity contribution in [3.05, 3.63) is 10.6 Å². The van der Waals surface area contributed by atoms with Gasteiger partial charge >= 0.3 is 5.97 Å². The number of hydrogen-bond acceptors (Lipinski definition) is 9. The highest BCUT2D eigenvalue weighted by Gasteiger charge is 2.60. The summed E-state index contributed by atoms with van der Waals surface area (Å²) >= 11 is 3.13. The van der Waals surface area contributed by atoms with E-state index in [1.807, 2.05) is 6.92 Å². The maximum atomic E-state index is 12.4. The van der Waals surface area contributed by atoms with E-state index >= 15 is 0 Å². The number of aliphatic carboxylic acids is 1. The van der Waals surface area contributed by atoms with Crippen LogP contribution in [0.25, 0.3) is 0 Å².